The second-order valence-corrected chi connectivity index (χ2v) is 7.95. The van der Waals surface area contributed by atoms with Crippen LogP contribution < -0.4 is 10.5 Å². The SMILES string of the molecule is CCC1SCCSC1C(N)c1c(OC)cnn1C(C)C. The Kier molecular flexibility index (Phi) is 5.69. The van der Waals surface area contributed by atoms with Crippen molar-refractivity contribution in [3.05, 3.63) is 11.9 Å². The molecule has 0 aliphatic carbocycles. The number of ether oxygens (including phenoxy) is 1. The highest BCUT2D eigenvalue weighted by atomic mass is 32.2. The minimum atomic E-state index is -0.0300. The number of thioether (sulfide) groups is 2. The van der Waals surface area contributed by atoms with Crippen molar-refractivity contribution >= 4 is 23.5 Å². The van der Waals surface area contributed by atoms with Gasteiger partial charge in [-0.25, -0.2) is 0 Å². The van der Waals surface area contributed by atoms with Crippen LogP contribution in [0.15, 0.2) is 6.20 Å². The third-order valence-corrected chi connectivity index (χ3v) is 7.04. The largest absolute Gasteiger partial charge is 0.493 e. The van der Waals surface area contributed by atoms with Gasteiger partial charge in [-0.3, -0.25) is 4.68 Å². The van der Waals surface area contributed by atoms with E-state index in [9.17, 15) is 0 Å². The van der Waals surface area contributed by atoms with E-state index in [2.05, 4.69) is 37.6 Å². The van der Waals surface area contributed by atoms with Crippen molar-refractivity contribution in [3.63, 3.8) is 0 Å². The standard InChI is InChI=1S/C14H25N3OS2/c1-5-11-14(20-7-6-19-11)12(15)13-10(18-4)8-16-17(13)9(2)3/h8-9,11-12,14H,5-7,15H2,1-4H3. The summed E-state index contributed by atoms with van der Waals surface area (Å²) in [5, 5.41) is 5.50. The van der Waals surface area contributed by atoms with Gasteiger partial charge in [-0.05, 0) is 20.3 Å². The highest BCUT2D eigenvalue weighted by Crippen LogP contribution is 2.41. The molecule has 1 aliphatic heterocycles. The zero-order chi connectivity index (χ0) is 14.7. The van der Waals surface area contributed by atoms with Crippen LogP contribution in [0.3, 0.4) is 0 Å². The number of hydrogen-bond acceptors (Lipinski definition) is 5. The van der Waals surface area contributed by atoms with Crippen LogP contribution in [0.2, 0.25) is 0 Å². The summed E-state index contributed by atoms with van der Waals surface area (Å²) in [4.78, 5) is 0. The lowest BCUT2D eigenvalue weighted by molar-refractivity contribution is 0.394. The lowest BCUT2D eigenvalue weighted by atomic mass is 10.1. The van der Waals surface area contributed by atoms with Crippen molar-refractivity contribution in [1.82, 2.24) is 9.78 Å². The Morgan fingerprint density at radius 1 is 1.45 bits per heavy atom. The molecule has 114 valence electrons. The molecule has 0 spiro atoms. The first kappa shape index (κ1) is 16.0. The smallest absolute Gasteiger partial charge is 0.161 e. The Balaban J connectivity index is 2.31. The monoisotopic (exact) mass is 315 g/mol. The minimum Gasteiger partial charge on any atom is -0.493 e. The van der Waals surface area contributed by atoms with Gasteiger partial charge in [-0.1, -0.05) is 6.92 Å². The predicted molar refractivity (Wildman–Crippen MR) is 88.9 cm³/mol. The fourth-order valence-corrected chi connectivity index (χ4v) is 5.82. The summed E-state index contributed by atoms with van der Waals surface area (Å²) >= 11 is 4.05. The van der Waals surface area contributed by atoms with Gasteiger partial charge in [0.15, 0.2) is 5.75 Å². The molecule has 1 saturated heterocycles. The molecule has 1 aromatic rings. The normalized spacial score (nSPS) is 24.9. The molecule has 0 bridgehead atoms. The number of aromatic nitrogens is 2. The second-order valence-electron chi connectivity index (χ2n) is 5.32. The van der Waals surface area contributed by atoms with Crippen molar-refractivity contribution in [3.8, 4) is 5.75 Å². The quantitative estimate of drug-likeness (QED) is 0.905. The zero-order valence-electron chi connectivity index (χ0n) is 12.7. The number of nitrogens with two attached hydrogens (primary N) is 1. The third kappa shape index (κ3) is 3.12. The molecular weight excluding hydrogens is 290 g/mol. The lowest BCUT2D eigenvalue weighted by Gasteiger charge is -2.34. The Hall–Kier alpha value is -0.330. The number of hydrogen-bond donors (Lipinski definition) is 1. The summed E-state index contributed by atoms with van der Waals surface area (Å²) in [5.41, 5.74) is 7.66. The first-order chi connectivity index (χ1) is 9.60. The van der Waals surface area contributed by atoms with E-state index < -0.39 is 0 Å². The molecule has 20 heavy (non-hydrogen) atoms. The molecule has 2 heterocycles. The Labute approximate surface area is 130 Å². The Bertz CT molecular complexity index is 436. The lowest BCUT2D eigenvalue weighted by Crippen LogP contribution is -2.37. The molecule has 1 fully saturated rings. The van der Waals surface area contributed by atoms with Crippen molar-refractivity contribution in [2.75, 3.05) is 18.6 Å². The maximum Gasteiger partial charge on any atom is 0.161 e. The molecule has 4 nitrogen and oxygen atoms in total. The van der Waals surface area contributed by atoms with Crippen LogP contribution in [0, 0.1) is 0 Å². The van der Waals surface area contributed by atoms with Gasteiger partial charge in [-0.2, -0.15) is 28.6 Å². The maximum absolute atomic E-state index is 6.62. The fraction of sp³-hybridized carbons (Fsp3) is 0.786. The van der Waals surface area contributed by atoms with Crippen LogP contribution in [-0.4, -0.2) is 38.9 Å². The minimum absolute atomic E-state index is 0.0300. The molecular formula is C14H25N3OS2. The number of nitrogens with zero attached hydrogens (tertiary/aromatic N) is 2. The molecule has 0 aromatic carbocycles. The Morgan fingerprint density at radius 3 is 2.75 bits per heavy atom. The van der Waals surface area contributed by atoms with Crippen LogP contribution in [0.25, 0.3) is 0 Å². The van der Waals surface area contributed by atoms with Crippen LogP contribution >= 0.6 is 23.5 Å². The molecule has 0 radical (unpaired) electrons. The molecule has 0 saturated carbocycles. The van der Waals surface area contributed by atoms with Gasteiger partial charge < -0.3 is 10.5 Å². The van der Waals surface area contributed by atoms with Gasteiger partial charge >= 0.3 is 0 Å². The highest BCUT2D eigenvalue weighted by Gasteiger charge is 2.34. The number of rotatable bonds is 5. The van der Waals surface area contributed by atoms with Gasteiger partial charge in [0, 0.05) is 28.0 Å². The molecule has 1 aromatic heterocycles. The molecule has 6 heteroatoms. The van der Waals surface area contributed by atoms with Crippen molar-refractivity contribution in [2.45, 2.75) is 49.8 Å². The molecule has 3 atom stereocenters. The summed E-state index contributed by atoms with van der Waals surface area (Å²) in [7, 11) is 1.69. The molecule has 0 amide bonds. The van der Waals surface area contributed by atoms with Gasteiger partial charge in [0.1, 0.15) is 0 Å². The molecule has 2 N–H and O–H groups in total. The van der Waals surface area contributed by atoms with E-state index in [0.29, 0.717) is 16.5 Å². The second kappa shape index (κ2) is 7.09. The van der Waals surface area contributed by atoms with E-state index in [1.54, 1.807) is 13.3 Å². The van der Waals surface area contributed by atoms with E-state index in [-0.39, 0.29) is 6.04 Å². The van der Waals surface area contributed by atoms with E-state index in [1.807, 2.05) is 16.4 Å². The summed E-state index contributed by atoms with van der Waals surface area (Å²) in [6.45, 7) is 6.51. The van der Waals surface area contributed by atoms with Gasteiger partial charge in [0.2, 0.25) is 0 Å². The molecule has 3 unspecified atom stereocenters. The average molecular weight is 316 g/mol. The fourth-order valence-electron chi connectivity index (χ4n) is 2.67. The highest BCUT2D eigenvalue weighted by molar-refractivity contribution is 8.07. The van der Waals surface area contributed by atoms with Gasteiger partial charge in [0.25, 0.3) is 0 Å². The van der Waals surface area contributed by atoms with E-state index in [4.69, 9.17) is 10.5 Å². The van der Waals surface area contributed by atoms with E-state index in [1.165, 1.54) is 11.5 Å². The molecule has 1 aliphatic rings. The number of methoxy groups -OCH3 is 1. The Morgan fingerprint density at radius 2 is 2.15 bits per heavy atom. The molecule has 2 rings (SSSR count). The van der Waals surface area contributed by atoms with Crippen LogP contribution in [-0.2, 0) is 0 Å². The van der Waals surface area contributed by atoms with Gasteiger partial charge in [0.05, 0.1) is 25.0 Å². The summed E-state index contributed by atoms with van der Waals surface area (Å²) in [6.07, 6.45) is 2.95. The third-order valence-electron chi connectivity index (χ3n) is 3.67. The van der Waals surface area contributed by atoms with Crippen molar-refractivity contribution < 1.29 is 4.74 Å². The van der Waals surface area contributed by atoms with E-state index in [0.717, 1.165) is 17.9 Å². The van der Waals surface area contributed by atoms with Crippen LogP contribution in [0.1, 0.15) is 45.0 Å². The average Bonchev–Trinajstić information content (AvgIpc) is 2.90. The van der Waals surface area contributed by atoms with Crippen molar-refractivity contribution in [2.24, 2.45) is 5.73 Å². The maximum atomic E-state index is 6.62. The van der Waals surface area contributed by atoms with Crippen molar-refractivity contribution in [1.29, 1.82) is 0 Å². The van der Waals surface area contributed by atoms with Gasteiger partial charge in [-0.15, -0.1) is 0 Å². The van der Waals surface area contributed by atoms with Crippen LogP contribution in [0.5, 0.6) is 5.75 Å². The summed E-state index contributed by atoms with van der Waals surface area (Å²) in [6, 6.07) is 0.263. The first-order valence-corrected chi connectivity index (χ1v) is 9.30. The van der Waals surface area contributed by atoms with E-state index >= 15 is 0 Å². The topological polar surface area (TPSA) is 53.1 Å². The van der Waals surface area contributed by atoms with Crippen LogP contribution in [0.4, 0.5) is 0 Å². The zero-order valence-corrected chi connectivity index (χ0v) is 14.3. The summed E-state index contributed by atoms with van der Waals surface area (Å²) in [5.74, 6) is 3.22. The first-order valence-electron chi connectivity index (χ1n) is 7.20. The predicted octanol–water partition coefficient (Wildman–Crippen LogP) is 3.10. The summed E-state index contributed by atoms with van der Waals surface area (Å²) < 4.78 is 7.49.